The summed E-state index contributed by atoms with van der Waals surface area (Å²) in [4.78, 5) is 42.0. The quantitative estimate of drug-likeness (QED) is 0.457. The van der Waals surface area contributed by atoms with Crippen LogP contribution in [0.2, 0.25) is 0 Å². The summed E-state index contributed by atoms with van der Waals surface area (Å²) < 4.78 is 5.03. The fourth-order valence-electron chi connectivity index (χ4n) is 4.37. The lowest BCUT2D eigenvalue weighted by Gasteiger charge is -2.42. The van der Waals surface area contributed by atoms with Gasteiger partial charge in [0.25, 0.3) is 5.91 Å². The molecule has 4 rings (SSSR count). The molecule has 1 aliphatic heterocycles. The molecule has 0 aliphatic carbocycles. The van der Waals surface area contributed by atoms with Crippen molar-refractivity contribution in [2.24, 2.45) is 5.92 Å². The zero-order valence-corrected chi connectivity index (χ0v) is 20.3. The van der Waals surface area contributed by atoms with E-state index in [2.05, 4.69) is 19.2 Å². The summed E-state index contributed by atoms with van der Waals surface area (Å²) >= 11 is 1.55. The Morgan fingerprint density at radius 3 is 2.44 bits per heavy atom. The van der Waals surface area contributed by atoms with Gasteiger partial charge >= 0.3 is 5.97 Å². The molecule has 2 heterocycles. The van der Waals surface area contributed by atoms with Crippen molar-refractivity contribution in [2.75, 3.05) is 18.5 Å². The van der Waals surface area contributed by atoms with Crippen molar-refractivity contribution in [1.82, 2.24) is 4.90 Å². The Bertz CT molecular complexity index is 1170. The zero-order chi connectivity index (χ0) is 24.2. The standard InChI is InChI=1S/C27H28N2O4S/c1-4-33-27(32)18-11-13-19(14-12-18)28-25(30)23-20-8-5-6-9-21(20)26(31)29(16-17(2)3)24(23)22-10-7-15-34-22/h5-15,17,23-24H,4,16H2,1-3H3,(H,28,30)/t23-,24+/m0/s1. The van der Waals surface area contributed by atoms with Crippen LogP contribution in [0.1, 0.15) is 63.9 Å². The van der Waals surface area contributed by atoms with Gasteiger partial charge in [0.1, 0.15) is 0 Å². The first-order valence-electron chi connectivity index (χ1n) is 11.4. The molecule has 0 fully saturated rings. The van der Waals surface area contributed by atoms with Gasteiger partial charge in [0.05, 0.1) is 24.1 Å². The molecule has 2 amide bonds. The van der Waals surface area contributed by atoms with Crippen LogP contribution in [0.4, 0.5) is 5.69 Å². The molecule has 0 bridgehead atoms. The minimum absolute atomic E-state index is 0.0504. The normalized spacial score (nSPS) is 17.4. The average Bonchev–Trinajstić information content (AvgIpc) is 3.35. The molecule has 0 saturated heterocycles. The van der Waals surface area contributed by atoms with E-state index in [-0.39, 0.29) is 17.7 Å². The van der Waals surface area contributed by atoms with Gasteiger partial charge in [-0.3, -0.25) is 9.59 Å². The van der Waals surface area contributed by atoms with E-state index in [1.165, 1.54) is 0 Å². The number of hydrogen-bond donors (Lipinski definition) is 1. The first kappa shape index (κ1) is 23.7. The molecule has 7 heteroatoms. The minimum Gasteiger partial charge on any atom is -0.462 e. The summed E-state index contributed by atoms with van der Waals surface area (Å²) in [6.45, 7) is 6.74. The molecular formula is C27H28N2O4S. The lowest BCUT2D eigenvalue weighted by molar-refractivity contribution is -0.119. The fraction of sp³-hybridized carbons (Fsp3) is 0.296. The summed E-state index contributed by atoms with van der Waals surface area (Å²) in [5.74, 6) is -0.976. The number of benzene rings is 2. The number of nitrogens with zero attached hydrogens (tertiary/aromatic N) is 1. The summed E-state index contributed by atoms with van der Waals surface area (Å²) in [6, 6.07) is 17.5. The topological polar surface area (TPSA) is 75.7 Å². The Hall–Kier alpha value is -3.45. The van der Waals surface area contributed by atoms with Crippen LogP contribution in [0, 0.1) is 5.92 Å². The Kier molecular flexibility index (Phi) is 7.12. The highest BCUT2D eigenvalue weighted by molar-refractivity contribution is 7.10. The lowest BCUT2D eigenvalue weighted by Crippen LogP contribution is -2.47. The van der Waals surface area contributed by atoms with Gasteiger partial charge in [0.15, 0.2) is 0 Å². The number of carbonyl (C=O) groups excluding carboxylic acids is 3. The number of carbonyl (C=O) groups is 3. The second-order valence-electron chi connectivity index (χ2n) is 8.66. The molecule has 6 nitrogen and oxygen atoms in total. The van der Waals surface area contributed by atoms with E-state index in [1.807, 2.05) is 40.6 Å². The van der Waals surface area contributed by atoms with Crippen molar-refractivity contribution in [3.63, 3.8) is 0 Å². The average molecular weight is 477 g/mol. The van der Waals surface area contributed by atoms with Gasteiger partial charge in [0.2, 0.25) is 5.91 Å². The number of amides is 2. The molecule has 0 radical (unpaired) electrons. The third kappa shape index (κ3) is 4.75. The molecule has 3 aromatic rings. The summed E-state index contributed by atoms with van der Waals surface area (Å²) in [7, 11) is 0. The van der Waals surface area contributed by atoms with Gasteiger partial charge in [-0.15, -0.1) is 11.3 Å². The fourth-order valence-corrected chi connectivity index (χ4v) is 5.24. The SMILES string of the molecule is CCOC(=O)c1ccc(NC(=O)[C@H]2c3ccccc3C(=O)N(CC(C)C)[C@@H]2c2cccs2)cc1. The maximum atomic E-state index is 13.8. The minimum atomic E-state index is -0.573. The molecule has 2 aromatic carbocycles. The van der Waals surface area contributed by atoms with Crippen LogP contribution in [0.3, 0.4) is 0 Å². The van der Waals surface area contributed by atoms with Crippen LogP contribution in [-0.4, -0.2) is 35.8 Å². The molecule has 2 atom stereocenters. The van der Waals surface area contributed by atoms with Crippen LogP contribution in [-0.2, 0) is 9.53 Å². The molecule has 1 aromatic heterocycles. The molecule has 0 unspecified atom stereocenters. The second-order valence-corrected chi connectivity index (χ2v) is 9.64. The van der Waals surface area contributed by atoms with Gasteiger partial charge in [-0.25, -0.2) is 4.79 Å². The molecule has 1 N–H and O–H groups in total. The van der Waals surface area contributed by atoms with Gasteiger partial charge < -0.3 is 15.0 Å². The Balaban J connectivity index is 1.71. The van der Waals surface area contributed by atoms with Crippen molar-refractivity contribution in [1.29, 1.82) is 0 Å². The van der Waals surface area contributed by atoms with E-state index in [9.17, 15) is 14.4 Å². The third-order valence-corrected chi connectivity index (χ3v) is 6.72. The van der Waals surface area contributed by atoms with Crippen LogP contribution in [0.25, 0.3) is 0 Å². The second kappa shape index (κ2) is 10.2. The van der Waals surface area contributed by atoms with Crippen molar-refractivity contribution in [3.8, 4) is 0 Å². The summed E-state index contributed by atoms with van der Waals surface area (Å²) in [5, 5.41) is 4.98. The van der Waals surface area contributed by atoms with Crippen LogP contribution >= 0.6 is 11.3 Å². The van der Waals surface area contributed by atoms with E-state index in [1.54, 1.807) is 48.6 Å². The van der Waals surface area contributed by atoms with E-state index in [0.717, 1.165) is 10.4 Å². The highest BCUT2D eigenvalue weighted by Gasteiger charge is 2.44. The highest BCUT2D eigenvalue weighted by Crippen LogP contribution is 2.45. The number of rotatable bonds is 7. The zero-order valence-electron chi connectivity index (χ0n) is 19.5. The van der Waals surface area contributed by atoms with Gasteiger partial charge in [0, 0.05) is 22.7 Å². The number of ether oxygens (including phenoxy) is 1. The molecule has 1 aliphatic rings. The summed E-state index contributed by atoms with van der Waals surface area (Å²) in [5.41, 5.74) is 2.29. The first-order chi connectivity index (χ1) is 16.4. The predicted octanol–water partition coefficient (Wildman–Crippen LogP) is 5.50. The maximum absolute atomic E-state index is 13.8. The lowest BCUT2D eigenvalue weighted by atomic mass is 9.81. The predicted molar refractivity (Wildman–Crippen MR) is 133 cm³/mol. The van der Waals surface area contributed by atoms with Crippen molar-refractivity contribution >= 4 is 34.8 Å². The van der Waals surface area contributed by atoms with E-state index in [0.29, 0.717) is 30.0 Å². The molecule has 34 heavy (non-hydrogen) atoms. The number of esters is 1. The Labute approximate surface area is 203 Å². The van der Waals surface area contributed by atoms with E-state index < -0.39 is 17.9 Å². The van der Waals surface area contributed by atoms with Crippen LogP contribution in [0.5, 0.6) is 0 Å². The number of fused-ring (bicyclic) bond motifs is 1. The van der Waals surface area contributed by atoms with Crippen LogP contribution < -0.4 is 5.32 Å². The largest absolute Gasteiger partial charge is 0.462 e. The molecule has 0 saturated carbocycles. The highest BCUT2D eigenvalue weighted by atomic mass is 32.1. The smallest absolute Gasteiger partial charge is 0.338 e. The Morgan fingerprint density at radius 2 is 1.79 bits per heavy atom. The van der Waals surface area contributed by atoms with Gasteiger partial charge in [-0.1, -0.05) is 38.1 Å². The van der Waals surface area contributed by atoms with E-state index in [4.69, 9.17) is 4.74 Å². The van der Waals surface area contributed by atoms with E-state index >= 15 is 0 Å². The first-order valence-corrected chi connectivity index (χ1v) is 12.3. The molecular weight excluding hydrogens is 448 g/mol. The number of thiophene rings is 1. The van der Waals surface area contributed by atoms with Crippen molar-refractivity contribution in [2.45, 2.75) is 32.7 Å². The third-order valence-electron chi connectivity index (χ3n) is 5.78. The Morgan fingerprint density at radius 1 is 1.06 bits per heavy atom. The number of anilines is 1. The van der Waals surface area contributed by atoms with Crippen molar-refractivity contribution in [3.05, 3.63) is 87.6 Å². The van der Waals surface area contributed by atoms with Crippen molar-refractivity contribution < 1.29 is 19.1 Å². The monoisotopic (exact) mass is 476 g/mol. The molecule has 0 spiro atoms. The van der Waals surface area contributed by atoms with Crippen LogP contribution in [0.15, 0.2) is 66.0 Å². The maximum Gasteiger partial charge on any atom is 0.338 e. The summed E-state index contributed by atoms with van der Waals surface area (Å²) in [6.07, 6.45) is 0. The van der Waals surface area contributed by atoms with Gasteiger partial charge in [-0.2, -0.15) is 0 Å². The van der Waals surface area contributed by atoms with Gasteiger partial charge in [-0.05, 0) is 60.2 Å². The number of hydrogen-bond acceptors (Lipinski definition) is 5. The molecule has 176 valence electrons. The number of nitrogens with one attached hydrogen (secondary N) is 1.